The number of hydrogen-bond donors (Lipinski definition) is 2. The molecular formula is C8H15NO2. The normalized spacial score (nSPS) is 19.7. The molecule has 2 N–H and O–H groups in total. The van der Waals surface area contributed by atoms with E-state index in [0.29, 0.717) is 6.04 Å². The Balaban J connectivity index is 1.96. The quantitative estimate of drug-likeness (QED) is 0.622. The fourth-order valence-corrected chi connectivity index (χ4v) is 0.915. The Morgan fingerprint density at radius 3 is 2.82 bits per heavy atom. The van der Waals surface area contributed by atoms with E-state index in [4.69, 9.17) is 5.11 Å². The molecule has 3 nitrogen and oxygen atoms in total. The molecule has 11 heavy (non-hydrogen) atoms. The van der Waals surface area contributed by atoms with Crippen molar-refractivity contribution in [2.24, 2.45) is 5.92 Å². The van der Waals surface area contributed by atoms with Crippen LogP contribution in [0.3, 0.4) is 0 Å². The Kier molecular flexibility index (Phi) is 2.88. The maximum absolute atomic E-state index is 10.4. The molecule has 0 amide bonds. The maximum Gasteiger partial charge on any atom is 0.306 e. The Morgan fingerprint density at radius 1 is 1.73 bits per heavy atom. The first-order valence-corrected chi connectivity index (χ1v) is 4.16. The highest BCUT2D eigenvalue weighted by atomic mass is 16.4. The molecule has 0 spiro atoms. The van der Waals surface area contributed by atoms with Gasteiger partial charge in [-0.1, -0.05) is 6.92 Å². The highest BCUT2D eigenvalue weighted by Crippen LogP contribution is 2.18. The number of nitrogens with one attached hydrogen (secondary N) is 1. The van der Waals surface area contributed by atoms with Crippen molar-refractivity contribution in [3.63, 3.8) is 0 Å². The number of carbonyl (C=O) groups is 1. The topological polar surface area (TPSA) is 49.3 Å². The lowest BCUT2D eigenvalue weighted by molar-refractivity contribution is -0.141. The van der Waals surface area contributed by atoms with Crippen LogP contribution in [0.2, 0.25) is 0 Å². The van der Waals surface area contributed by atoms with Crippen molar-refractivity contribution in [1.82, 2.24) is 5.32 Å². The van der Waals surface area contributed by atoms with Gasteiger partial charge in [-0.25, -0.2) is 0 Å². The summed E-state index contributed by atoms with van der Waals surface area (Å²) in [5.74, 6) is -0.899. The lowest BCUT2D eigenvalue weighted by atomic mass is 10.1. The molecule has 0 saturated heterocycles. The number of rotatable bonds is 5. The van der Waals surface area contributed by atoms with E-state index in [9.17, 15) is 4.79 Å². The molecule has 1 rings (SSSR count). The summed E-state index contributed by atoms with van der Waals surface area (Å²) in [6, 6.07) is 0.691. The minimum absolute atomic E-state index is 0.207. The smallest absolute Gasteiger partial charge is 0.306 e. The van der Waals surface area contributed by atoms with Crippen molar-refractivity contribution in [3.05, 3.63) is 0 Å². The van der Waals surface area contributed by atoms with Gasteiger partial charge in [-0.05, 0) is 25.8 Å². The second kappa shape index (κ2) is 3.72. The third-order valence-electron chi connectivity index (χ3n) is 2.01. The molecule has 0 bridgehead atoms. The van der Waals surface area contributed by atoms with Gasteiger partial charge in [0.1, 0.15) is 0 Å². The summed E-state index contributed by atoms with van der Waals surface area (Å²) >= 11 is 0. The number of hydrogen-bond acceptors (Lipinski definition) is 2. The highest BCUT2D eigenvalue weighted by Gasteiger charge is 2.20. The second-order valence-corrected chi connectivity index (χ2v) is 3.26. The van der Waals surface area contributed by atoms with E-state index in [0.717, 1.165) is 13.0 Å². The third-order valence-corrected chi connectivity index (χ3v) is 2.01. The predicted molar refractivity (Wildman–Crippen MR) is 42.4 cm³/mol. The van der Waals surface area contributed by atoms with Crippen LogP contribution in [-0.2, 0) is 4.79 Å². The van der Waals surface area contributed by atoms with Gasteiger partial charge in [-0.3, -0.25) is 4.79 Å². The summed E-state index contributed by atoms with van der Waals surface area (Å²) in [5.41, 5.74) is 0. The molecule has 0 aromatic heterocycles. The summed E-state index contributed by atoms with van der Waals surface area (Å²) in [6.45, 7) is 2.59. The van der Waals surface area contributed by atoms with E-state index in [1.807, 2.05) is 0 Å². The van der Waals surface area contributed by atoms with Gasteiger partial charge < -0.3 is 10.4 Å². The first-order chi connectivity index (χ1) is 5.20. The lowest BCUT2D eigenvalue weighted by Crippen LogP contribution is -2.22. The van der Waals surface area contributed by atoms with Crippen LogP contribution in [0, 0.1) is 5.92 Å². The Morgan fingerprint density at radius 2 is 2.36 bits per heavy atom. The van der Waals surface area contributed by atoms with Crippen LogP contribution in [0.25, 0.3) is 0 Å². The largest absolute Gasteiger partial charge is 0.481 e. The van der Waals surface area contributed by atoms with Gasteiger partial charge in [0.25, 0.3) is 0 Å². The first-order valence-electron chi connectivity index (χ1n) is 4.16. The minimum atomic E-state index is -0.692. The van der Waals surface area contributed by atoms with Crippen LogP contribution in [-0.4, -0.2) is 23.7 Å². The maximum atomic E-state index is 10.4. The number of carboxylic acids is 1. The molecular weight excluding hydrogens is 142 g/mol. The molecule has 1 saturated carbocycles. The van der Waals surface area contributed by atoms with Gasteiger partial charge in [0.2, 0.25) is 0 Å². The lowest BCUT2D eigenvalue weighted by Gasteiger charge is -2.05. The molecule has 1 fully saturated rings. The van der Waals surface area contributed by atoms with Crippen molar-refractivity contribution in [2.75, 3.05) is 6.54 Å². The summed E-state index contributed by atoms with van der Waals surface area (Å²) in [4.78, 5) is 10.4. The van der Waals surface area contributed by atoms with E-state index >= 15 is 0 Å². The van der Waals surface area contributed by atoms with Crippen LogP contribution in [0.4, 0.5) is 0 Å². The average molecular weight is 157 g/mol. The van der Waals surface area contributed by atoms with E-state index in [2.05, 4.69) is 5.32 Å². The summed E-state index contributed by atoms with van der Waals surface area (Å²) in [6.07, 6.45) is 3.27. The molecule has 0 aliphatic heterocycles. The fourth-order valence-electron chi connectivity index (χ4n) is 0.915. The molecule has 1 aliphatic rings. The van der Waals surface area contributed by atoms with Gasteiger partial charge in [-0.2, -0.15) is 0 Å². The molecule has 1 unspecified atom stereocenters. The molecule has 64 valence electrons. The van der Waals surface area contributed by atoms with Gasteiger partial charge in [-0.15, -0.1) is 0 Å². The Hall–Kier alpha value is -0.570. The van der Waals surface area contributed by atoms with Crippen LogP contribution >= 0.6 is 0 Å². The molecule has 0 heterocycles. The first kappa shape index (κ1) is 8.53. The van der Waals surface area contributed by atoms with Crippen molar-refractivity contribution in [3.8, 4) is 0 Å². The number of aliphatic carboxylic acids is 1. The SMILES string of the molecule is CC(CCNC1CC1)C(=O)O. The summed E-state index contributed by atoms with van der Waals surface area (Å²) < 4.78 is 0. The highest BCUT2D eigenvalue weighted by molar-refractivity contribution is 5.69. The van der Waals surface area contributed by atoms with Crippen LogP contribution in [0.5, 0.6) is 0 Å². The van der Waals surface area contributed by atoms with Crippen molar-refractivity contribution < 1.29 is 9.90 Å². The summed E-state index contributed by atoms with van der Waals surface area (Å²) in [7, 11) is 0. The second-order valence-electron chi connectivity index (χ2n) is 3.26. The molecule has 3 heteroatoms. The van der Waals surface area contributed by atoms with E-state index in [1.54, 1.807) is 6.92 Å². The predicted octanol–water partition coefficient (Wildman–Crippen LogP) is 0.849. The van der Waals surface area contributed by atoms with Crippen molar-refractivity contribution in [2.45, 2.75) is 32.2 Å². The van der Waals surface area contributed by atoms with Gasteiger partial charge in [0, 0.05) is 6.04 Å². The van der Waals surface area contributed by atoms with Gasteiger partial charge in [0.15, 0.2) is 0 Å². The fraction of sp³-hybridized carbons (Fsp3) is 0.875. The van der Waals surface area contributed by atoms with Crippen LogP contribution < -0.4 is 5.32 Å². The zero-order valence-corrected chi connectivity index (χ0v) is 6.84. The van der Waals surface area contributed by atoms with Crippen molar-refractivity contribution in [1.29, 1.82) is 0 Å². The van der Waals surface area contributed by atoms with E-state index < -0.39 is 5.97 Å². The van der Waals surface area contributed by atoms with Crippen LogP contribution in [0.1, 0.15) is 26.2 Å². The zero-order valence-electron chi connectivity index (χ0n) is 6.84. The standard InChI is InChI=1S/C8H15NO2/c1-6(8(10)11)4-5-9-7-2-3-7/h6-7,9H,2-5H2,1H3,(H,10,11). The molecule has 0 aromatic rings. The van der Waals surface area contributed by atoms with E-state index in [-0.39, 0.29) is 5.92 Å². The van der Waals surface area contributed by atoms with E-state index in [1.165, 1.54) is 12.8 Å². The molecule has 0 aromatic carbocycles. The Bertz CT molecular complexity index is 143. The molecule has 1 aliphatic carbocycles. The minimum Gasteiger partial charge on any atom is -0.481 e. The third kappa shape index (κ3) is 3.37. The zero-order chi connectivity index (χ0) is 8.27. The average Bonchev–Trinajstić information content (AvgIpc) is 2.71. The number of carboxylic acid groups (broad SMARTS) is 1. The van der Waals surface area contributed by atoms with Crippen LogP contribution in [0.15, 0.2) is 0 Å². The monoisotopic (exact) mass is 157 g/mol. The van der Waals surface area contributed by atoms with Crippen molar-refractivity contribution >= 4 is 5.97 Å². The Labute approximate surface area is 66.8 Å². The molecule has 0 radical (unpaired) electrons. The molecule has 1 atom stereocenters. The summed E-state index contributed by atoms with van der Waals surface area (Å²) in [5, 5.41) is 11.8. The van der Waals surface area contributed by atoms with Gasteiger partial charge >= 0.3 is 5.97 Å². The van der Waals surface area contributed by atoms with Gasteiger partial charge in [0.05, 0.1) is 5.92 Å².